The molecule has 4 aromatic rings. The number of ether oxygens (including phenoxy) is 4. The molecule has 0 atom stereocenters. The highest BCUT2D eigenvalue weighted by Crippen LogP contribution is 2.26. The average molecular weight is 567 g/mol. The Kier molecular flexibility index (Phi) is 10.8. The quantitative estimate of drug-likeness (QED) is 0.0712. The number of hydrogen-bond donors (Lipinski definition) is 1. The number of carbonyl (C=O) groups excluding carboxylic acids is 3. The molecule has 4 aromatic carbocycles. The molecule has 42 heavy (non-hydrogen) atoms. The highest BCUT2D eigenvalue weighted by atomic mass is 16.5. The molecule has 0 radical (unpaired) electrons. The summed E-state index contributed by atoms with van der Waals surface area (Å²) < 4.78 is 22.2. The second kappa shape index (κ2) is 15.4. The van der Waals surface area contributed by atoms with Crippen molar-refractivity contribution < 1.29 is 33.3 Å². The van der Waals surface area contributed by atoms with Crippen LogP contribution in [0.4, 0.5) is 0 Å². The van der Waals surface area contributed by atoms with Gasteiger partial charge in [0, 0.05) is 11.6 Å². The molecule has 0 fully saturated rings. The predicted molar refractivity (Wildman–Crippen MR) is 157 cm³/mol. The molecular weight excluding hydrogens is 536 g/mol. The Labute approximate surface area is 243 Å². The molecule has 4 rings (SSSR count). The lowest BCUT2D eigenvalue weighted by molar-refractivity contribution is -0.123. The van der Waals surface area contributed by atoms with Crippen LogP contribution in [0.1, 0.15) is 46.0 Å². The van der Waals surface area contributed by atoms with E-state index in [0.717, 1.165) is 18.6 Å². The van der Waals surface area contributed by atoms with E-state index in [2.05, 4.69) is 17.5 Å². The lowest BCUT2D eigenvalue weighted by Crippen LogP contribution is -2.24. The summed E-state index contributed by atoms with van der Waals surface area (Å²) in [5.74, 6) is -0.193. The van der Waals surface area contributed by atoms with Gasteiger partial charge in [0.2, 0.25) is 0 Å². The summed E-state index contributed by atoms with van der Waals surface area (Å²) in [6, 6.07) is 28.4. The molecule has 0 unspecified atom stereocenters. The third kappa shape index (κ3) is 9.06. The summed E-state index contributed by atoms with van der Waals surface area (Å²) in [6.45, 7) is 2.47. The second-order valence-electron chi connectivity index (χ2n) is 8.97. The van der Waals surface area contributed by atoms with Gasteiger partial charge in [-0.25, -0.2) is 15.0 Å². The fourth-order valence-corrected chi connectivity index (χ4v) is 3.57. The van der Waals surface area contributed by atoms with Crippen molar-refractivity contribution in [3.63, 3.8) is 0 Å². The molecule has 9 heteroatoms. The SMILES string of the molecule is CCCCOc1ccc(OCC(=O)NN=Cc2ccc(OC(=O)c3ccccc3)cc2OC(=O)c2ccccc2)cc1. The lowest BCUT2D eigenvalue weighted by atomic mass is 10.2. The van der Waals surface area contributed by atoms with Crippen LogP contribution in [0.15, 0.2) is 108 Å². The van der Waals surface area contributed by atoms with Crippen molar-refractivity contribution in [1.29, 1.82) is 0 Å². The van der Waals surface area contributed by atoms with Gasteiger partial charge in [0.05, 0.1) is 23.9 Å². The number of esters is 2. The van der Waals surface area contributed by atoms with Gasteiger partial charge in [0.1, 0.15) is 23.0 Å². The molecule has 0 heterocycles. The molecule has 0 saturated heterocycles. The van der Waals surface area contributed by atoms with E-state index in [9.17, 15) is 14.4 Å². The van der Waals surface area contributed by atoms with E-state index in [1.165, 1.54) is 18.3 Å². The van der Waals surface area contributed by atoms with E-state index in [-0.39, 0.29) is 18.1 Å². The van der Waals surface area contributed by atoms with Crippen molar-refractivity contribution in [3.05, 3.63) is 120 Å². The molecule has 0 aliphatic rings. The molecule has 214 valence electrons. The molecule has 0 saturated carbocycles. The smallest absolute Gasteiger partial charge is 0.343 e. The van der Waals surface area contributed by atoms with E-state index in [1.54, 1.807) is 91.0 Å². The lowest BCUT2D eigenvalue weighted by Gasteiger charge is -2.11. The van der Waals surface area contributed by atoms with Crippen molar-refractivity contribution in [1.82, 2.24) is 5.43 Å². The Balaban J connectivity index is 1.39. The van der Waals surface area contributed by atoms with Crippen molar-refractivity contribution in [2.75, 3.05) is 13.2 Å². The maximum absolute atomic E-state index is 12.7. The normalized spacial score (nSPS) is 10.6. The van der Waals surface area contributed by atoms with Crippen LogP contribution in [0.3, 0.4) is 0 Å². The minimum atomic E-state index is -0.615. The number of carbonyl (C=O) groups is 3. The first-order valence-electron chi connectivity index (χ1n) is 13.4. The summed E-state index contributed by atoms with van der Waals surface area (Å²) in [5.41, 5.74) is 3.44. The molecule has 0 aromatic heterocycles. The van der Waals surface area contributed by atoms with Crippen LogP contribution in [0.5, 0.6) is 23.0 Å². The summed E-state index contributed by atoms with van der Waals surface area (Å²) in [6.07, 6.45) is 3.34. The summed E-state index contributed by atoms with van der Waals surface area (Å²) in [7, 11) is 0. The van der Waals surface area contributed by atoms with Crippen molar-refractivity contribution >= 4 is 24.1 Å². The summed E-state index contributed by atoms with van der Waals surface area (Å²) >= 11 is 0. The van der Waals surface area contributed by atoms with E-state index < -0.39 is 17.8 Å². The topological polar surface area (TPSA) is 113 Å². The van der Waals surface area contributed by atoms with Crippen LogP contribution in [0.2, 0.25) is 0 Å². The summed E-state index contributed by atoms with van der Waals surface area (Å²) in [4.78, 5) is 37.5. The number of hydrazone groups is 1. The van der Waals surface area contributed by atoms with Crippen LogP contribution in [-0.4, -0.2) is 37.3 Å². The van der Waals surface area contributed by atoms with Crippen molar-refractivity contribution in [2.45, 2.75) is 19.8 Å². The molecule has 0 aliphatic carbocycles. The number of benzene rings is 4. The monoisotopic (exact) mass is 566 g/mol. The largest absolute Gasteiger partial charge is 0.494 e. The number of hydrogen-bond acceptors (Lipinski definition) is 8. The number of unbranched alkanes of at least 4 members (excludes halogenated alkanes) is 1. The van der Waals surface area contributed by atoms with Gasteiger partial charge in [0.25, 0.3) is 5.91 Å². The van der Waals surface area contributed by atoms with Crippen molar-refractivity contribution in [2.24, 2.45) is 5.10 Å². The van der Waals surface area contributed by atoms with Crippen LogP contribution >= 0.6 is 0 Å². The fraction of sp³-hybridized carbons (Fsp3) is 0.152. The molecule has 1 N–H and O–H groups in total. The van der Waals surface area contributed by atoms with Crippen molar-refractivity contribution in [3.8, 4) is 23.0 Å². The van der Waals surface area contributed by atoms with E-state index >= 15 is 0 Å². The molecule has 0 aliphatic heterocycles. The zero-order chi connectivity index (χ0) is 29.6. The molecule has 1 amide bonds. The van der Waals surface area contributed by atoms with Gasteiger partial charge in [-0.15, -0.1) is 0 Å². The zero-order valence-electron chi connectivity index (χ0n) is 23.0. The van der Waals surface area contributed by atoms with Gasteiger partial charge in [-0.05, 0) is 67.1 Å². The standard InChI is InChI=1S/C33H30N2O7/c1-2-3-20-39-27-16-18-28(19-17-27)40-23-31(36)35-34-22-26-14-15-29(41-32(37)24-10-6-4-7-11-24)21-30(26)42-33(38)25-12-8-5-9-13-25/h4-19,21-22H,2-3,20,23H2,1H3,(H,35,36). The van der Waals surface area contributed by atoms with Gasteiger partial charge in [-0.3, -0.25) is 4.79 Å². The highest BCUT2D eigenvalue weighted by molar-refractivity contribution is 5.94. The second-order valence-corrected chi connectivity index (χ2v) is 8.97. The Morgan fingerprint density at radius 2 is 1.29 bits per heavy atom. The van der Waals surface area contributed by atoms with Gasteiger partial charge in [-0.2, -0.15) is 5.10 Å². The molecular formula is C33H30N2O7. The maximum atomic E-state index is 12.7. The van der Waals surface area contributed by atoms with Crippen LogP contribution in [0.25, 0.3) is 0 Å². The minimum Gasteiger partial charge on any atom is -0.494 e. The van der Waals surface area contributed by atoms with Gasteiger partial charge < -0.3 is 18.9 Å². The van der Waals surface area contributed by atoms with Crippen LogP contribution in [-0.2, 0) is 4.79 Å². The fourth-order valence-electron chi connectivity index (χ4n) is 3.57. The third-order valence-corrected chi connectivity index (χ3v) is 5.77. The predicted octanol–water partition coefficient (Wildman–Crippen LogP) is 5.83. The van der Waals surface area contributed by atoms with Gasteiger partial charge in [-0.1, -0.05) is 49.7 Å². The summed E-state index contributed by atoms with van der Waals surface area (Å²) in [5, 5.41) is 3.97. The van der Waals surface area contributed by atoms with E-state index in [0.29, 0.717) is 29.0 Å². The first-order chi connectivity index (χ1) is 20.5. The molecule has 9 nitrogen and oxygen atoms in total. The number of amides is 1. The van der Waals surface area contributed by atoms with Crippen LogP contribution < -0.4 is 24.4 Å². The number of nitrogens with zero attached hydrogens (tertiary/aromatic N) is 1. The van der Waals surface area contributed by atoms with Gasteiger partial charge >= 0.3 is 11.9 Å². The molecule has 0 bridgehead atoms. The molecule has 0 spiro atoms. The van der Waals surface area contributed by atoms with E-state index in [4.69, 9.17) is 18.9 Å². The van der Waals surface area contributed by atoms with E-state index in [1.807, 2.05) is 0 Å². The van der Waals surface area contributed by atoms with Crippen LogP contribution in [0, 0.1) is 0 Å². The average Bonchev–Trinajstić information content (AvgIpc) is 3.02. The Morgan fingerprint density at radius 1 is 0.714 bits per heavy atom. The Morgan fingerprint density at radius 3 is 1.90 bits per heavy atom. The maximum Gasteiger partial charge on any atom is 0.343 e. The minimum absolute atomic E-state index is 0.0812. The first-order valence-corrected chi connectivity index (χ1v) is 13.4. The number of nitrogens with one attached hydrogen (secondary N) is 1. The first kappa shape index (κ1) is 29.5. The third-order valence-electron chi connectivity index (χ3n) is 5.77. The zero-order valence-corrected chi connectivity index (χ0v) is 23.0. The highest BCUT2D eigenvalue weighted by Gasteiger charge is 2.15. The Bertz CT molecular complexity index is 1500. The Hall–Kier alpha value is -5.44. The number of rotatable bonds is 13. The van der Waals surface area contributed by atoms with Gasteiger partial charge in [0.15, 0.2) is 6.61 Å².